The first-order valence-corrected chi connectivity index (χ1v) is 6.44. The second kappa shape index (κ2) is 7.53. The maximum absolute atomic E-state index is 11.5. The molecule has 0 radical (unpaired) electrons. The van der Waals surface area contributed by atoms with E-state index >= 15 is 0 Å². The van der Waals surface area contributed by atoms with Crippen molar-refractivity contribution < 1.29 is 14.9 Å². The number of rotatable bonds is 5. The molecule has 0 saturated carbocycles. The second-order valence-electron chi connectivity index (χ2n) is 4.85. The van der Waals surface area contributed by atoms with Gasteiger partial charge in [0.05, 0.1) is 0 Å². The smallest absolute Gasteiger partial charge is 0.293 e. The summed E-state index contributed by atoms with van der Waals surface area (Å²) in [5.41, 5.74) is 5.84. The van der Waals surface area contributed by atoms with Crippen molar-refractivity contribution in [2.75, 3.05) is 6.54 Å². The Hall–Kier alpha value is -1.88. The quantitative estimate of drug-likeness (QED) is 0.661. The molecule has 1 atom stereocenters. The SMILES string of the molecule is CC(=O)NNC(=O)C[NH2+][C@H](c1ccccc1)C(C)C. The van der Waals surface area contributed by atoms with E-state index in [0.717, 1.165) is 0 Å². The van der Waals surface area contributed by atoms with Crippen LogP contribution < -0.4 is 16.2 Å². The van der Waals surface area contributed by atoms with Crippen molar-refractivity contribution in [2.45, 2.75) is 26.8 Å². The Bertz CT molecular complexity index is 418. The zero-order valence-electron chi connectivity index (χ0n) is 11.6. The Labute approximate surface area is 113 Å². The highest BCUT2D eigenvalue weighted by molar-refractivity contribution is 5.81. The number of quaternary nitrogens is 1. The zero-order valence-corrected chi connectivity index (χ0v) is 11.6. The van der Waals surface area contributed by atoms with Gasteiger partial charge in [-0.05, 0) is 0 Å². The average molecular weight is 264 g/mol. The summed E-state index contributed by atoms with van der Waals surface area (Å²) in [5.74, 6) is -0.0791. The van der Waals surface area contributed by atoms with Crippen molar-refractivity contribution >= 4 is 11.8 Å². The third-order valence-corrected chi connectivity index (χ3v) is 2.84. The Morgan fingerprint density at radius 3 is 2.32 bits per heavy atom. The third-order valence-electron chi connectivity index (χ3n) is 2.84. The van der Waals surface area contributed by atoms with Gasteiger partial charge in [-0.1, -0.05) is 44.2 Å². The van der Waals surface area contributed by atoms with Gasteiger partial charge in [0.2, 0.25) is 5.91 Å². The van der Waals surface area contributed by atoms with Crippen LogP contribution in [0.4, 0.5) is 0 Å². The predicted molar refractivity (Wildman–Crippen MR) is 72.8 cm³/mol. The molecule has 1 aromatic rings. The largest absolute Gasteiger partial charge is 0.332 e. The molecule has 0 spiro atoms. The van der Waals surface area contributed by atoms with Gasteiger partial charge in [0.1, 0.15) is 6.04 Å². The molecular formula is C14H22N3O2+. The van der Waals surface area contributed by atoms with Crippen LogP contribution >= 0.6 is 0 Å². The van der Waals surface area contributed by atoms with Crippen LogP contribution in [-0.2, 0) is 9.59 Å². The van der Waals surface area contributed by atoms with Crippen molar-refractivity contribution in [2.24, 2.45) is 5.92 Å². The monoisotopic (exact) mass is 264 g/mol. The maximum Gasteiger partial charge on any atom is 0.293 e. The minimum absolute atomic E-state index is 0.211. The summed E-state index contributed by atoms with van der Waals surface area (Å²) in [6.07, 6.45) is 0. The Kier molecular flexibility index (Phi) is 6.02. The molecule has 0 aromatic heterocycles. The van der Waals surface area contributed by atoms with E-state index in [4.69, 9.17) is 0 Å². The molecule has 1 aromatic carbocycles. The van der Waals surface area contributed by atoms with Crippen LogP contribution in [0, 0.1) is 5.92 Å². The van der Waals surface area contributed by atoms with Crippen LogP contribution in [0.5, 0.6) is 0 Å². The second-order valence-corrected chi connectivity index (χ2v) is 4.85. The zero-order chi connectivity index (χ0) is 14.3. The highest BCUT2D eigenvalue weighted by atomic mass is 16.2. The highest BCUT2D eigenvalue weighted by Crippen LogP contribution is 2.16. The van der Waals surface area contributed by atoms with E-state index in [1.807, 2.05) is 23.5 Å². The first kappa shape index (κ1) is 15.2. The van der Waals surface area contributed by atoms with Crippen LogP contribution in [0.2, 0.25) is 0 Å². The summed E-state index contributed by atoms with van der Waals surface area (Å²) in [7, 11) is 0. The van der Waals surface area contributed by atoms with Gasteiger partial charge >= 0.3 is 0 Å². The molecule has 2 amide bonds. The highest BCUT2D eigenvalue weighted by Gasteiger charge is 2.19. The van der Waals surface area contributed by atoms with Crippen LogP contribution in [-0.4, -0.2) is 18.4 Å². The molecule has 0 aliphatic heterocycles. The standard InChI is InChI=1S/C14H21N3O2/c1-10(2)14(12-7-5-4-6-8-12)15-9-13(19)17-16-11(3)18/h4-8,10,14-15H,9H2,1-3H3,(H,16,18)(H,17,19)/p+1/t14-/m0/s1. The van der Waals surface area contributed by atoms with E-state index in [9.17, 15) is 9.59 Å². The number of hydrogen-bond donors (Lipinski definition) is 3. The van der Waals surface area contributed by atoms with Crippen LogP contribution in [0.25, 0.3) is 0 Å². The lowest BCUT2D eigenvalue weighted by atomic mass is 9.96. The molecule has 1 rings (SSSR count). The van der Waals surface area contributed by atoms with Crippen molar-refractivity contribution in [3.05, 3.63) is 35.9 Å². The van der Waals surface area contributed by atoms with Gasteiger partial charge in [-0.25, -0.2) is 0 Å². The van der Waals surface area contributed by atoms with E-state index in [2.05, 4.69) is 36.8 Å². The summed E-state index contributed by atoms with van der Waals surface area (Å²) in [6.45, 7) is 5.88. The van der Waals surface area contributed by atoms with Gasteiger partial charge < -0.3 is 5.32 Å². The fourth-order valence-electron chi connectivity index (χ4n) is 1.91. The molecule has 0 aliphatic carbocycles. The van der Waals surface area contributed by atoms with Gasteiger partial charge in [0.15, 0.2) is 6.54 Å². The molecule has 4 N–H and O–H groups in total. The van der Waals surface area contributed by atoms with Crippen LogP contribution in [0.15, 0.2) is 30.3 Å². The summed E-state index contributed by atoms with van der Waals surface area (Å²) in [4.78, 5) is 22.2. The number of carbonyl (C=O) groups is 2. The van der Waals surface area contributed by atoms with Crippen LogP contribution in [0.3, 0.4) is 0 Å². The fourth-order valence-corrected chi connectivity index (χ4v) is 1.91. The number of hydrazine groups is 1. The number of amides is 2. The molecule has 0 aliphatic rings. The van der Waals surface area contributed by atoms with Gasteiger partial charge in [-0.3, -0.25) is 20.4 Å². The molecule has 5 nitrogen and oxygen atoms in total. The van der Waals surface area contributed by atoms with Gasteiger partial charge in [0.25, 0.3) is 5.91 Å². The Morgan fingerprint density at radius 2 is 1.79 bits per heavy atom. The number of nitrogens with two attached hydrogens (primary N) is 1. The topological polar surface area (TPSA) is 74.8 Å². The first-order valence-electron chi connectivity index (χ1n) is 6.44. The number of nitrogens with one attached hydrogen (secondary N) is 2. The van der Waals surface area contributed by atoms with E-state index in [1.165, 1.54) is 12.5 Å². The fraction of sp³-hybridized carbons (Fsp3) is 0.429. The van der Waals surface area contributed by atoms with Crippen molar-refractivity contribution in [1.29, 1.82) is 0 Å². The van der Waals surface area contributed by atoms with E-state index in [1.54, 1.807) is 0 Å². The lowest BCUT2D eigenvalue weighted by Crippen LogP contribution is -2.88. The Morgan fingerprint density at radius 1 is 1.16 bits per heavy atom. The molecule has 0 bridgehead atoms. The molecule has 0 saturated heterocycles. The average Bonchev–Trinajstić information content (AvgIpc) is 2.37. The van der Waals surface area contributed by atoms with Crippen molar-refractivity contribution in [3.8, 4) is 0 Å². The van der Waals surface area contributed by atoms with Crippen molar-refractivity contribution in [3.63, 3.8) is 0 Å². The molecule has 0 heterocycles. The third kappa shape index (κ3) is 5.52. The summed E-state index contributed by atoms with van der Waals surface area (Å²) < 4.78 is 0. The molecular weight excluding hydrogens is 242 g/mol. The number of carbonyl (C=O) groups excluding carboxylic acids is 2. The molecule has 19 heavy (non-hydrogen) atoms. The lowest BCUT2D eigenvalue weighted by molar-refractivity contribution is -0.692. The molecule has 104 valence electrons. The first-order chi connectivity index (χ1) is 9.00. The van der Waals surface area contributed by atoms with E-state index in [0.29, 0.717) is 5.92 Å². The minimum atomic E-state index is -0.281. The van der Waals surface area contributed by atoms with Crippen molar-refractivity contribution in [1.82, 2.24) is 10.9 Å². The minimum Gasteiger partial charge on any atom is -0.332 e. The van der Waals surface area contributed by atoms with Gasteiger partial charge in [0, 0.05) is 18.4 Å². The Balaban J connectivity index is 2.52. The molecule has 0 unspecified atom stereocenters. The van der Waals surface area contributed by atoms with Crippen LogP contribution in [0.1, 0.15) is 32.4 Å². The lowest BCUT2D eigenvalue weighted by Gasteiger charge is -2.19. The molecule has 5 heteroatoms. The number of hydrogen-bond acceptors (Lipinski definition) is 2. The van der Waals surface area contributed by atoms with Gasteiger partial charge in [-0.15, -0.1) is 0 Å². The predicted octanol–water partition coefficient (Wildman–Crippen LogP) is 0.114. The summed E-state index contributed by atoms with van der Waals surface area (Å²) in [6, 6.07) is 10.3. The van der Waals surface area contributed by atoms with E-state index in [-0.39, 0.29) is 24.4 Å². The normalized spacial score (nSPS) is 12.0. The van der Waals surface area contributed by atoms with E-state index < -0.39 is 0 Å². The number of benzene rings is 1. The summed E-state index contributed by atoms with van der Waals surface area (Å²) in [5, 5.41) is 1.98. The maximum atomic E-state index is 11.5. The molecule has 0 fully saturated rings. The van der Waals surface area contributed by atoms with Gasteiger partial charge in [-0.2, -0.15) is 0 Å². The summed E-state index contributed by atoms with van der Waals surface area (Å²) >= 11 is 0.